The second-order valence-electron chi connectivity index (χ2n) is 4.49. The van der Waals surface area contributed by atoms with Crippen LogP contribution in [0.3, 0.4) is 0 Å². The third-order valence-corrected chi connectivity index (χ3v) is 4.17. The van der Waals surface area contributed by atoms with E-state index < -0.39 is 10.9 Å². The molecule has 7 heteroatoms. The number of hydrogen-bond donors (Lipinski definition) is 4. The van der Waals surface area contributed by atoms with Crippen LogP contribution in [0.15, 0.2) is 33.3 Å². The first-order chi connectivity index (χ1) is 9.27. The number of rotatable bonds is 2. The van der Waals surface area contributed by atoms with Gasteiger partial charge in [-0.05, 0) is 36.4 Å². The van der Waals surface area contributed by atoms with Gasteiger partial charge in [0.25, 0.3) is 0 Å². The summed E-state index contributed by atoms with van der Waals surface area (Å²) < 4.78 is 28.6. The van der Waals surface area contributed by atoms with E-state index in [4.69, 9.17) is 0 Å². The van der Waals surface area contributed by atoms with Crippen molar-refractivity contribution in [3.8, 4) is 5.75 Å². The Hall–Kier alpha value is -1.67. The van der Waals surface area contributed by atoms with Crippen molar-refractivity contribution in [1.82, 2.24) is 0 Å². The Balaban J connectivity index is 2.97. The van der Waals surface area contributed by atoms with Gasteiger partial charge in [0.1, 0.15) is 16.6 Å². The first-order valence-electron chi connectivity index (χ1n) is 5.83. The highest BCUT2D eigenvalue weighted by molar-refractivity contribution is 8.19. The molecule has 0 radical (unpaired) electrons. The van der Waals surface area contributed by atoms with Gasteiger partial charge in [-0.2, -0.15) is 10.2 Å². The van der Waals surface area contributed by atoms with Crippen LogP contribution in [-0.2, 0) is 0 Å². The Bertz CT molecular complexity index is 708. The number of nitrogens with zero attached hydrogens (tertiary/aromatic N) is 2. The Kier molecular flexibility index (Phi) is 3.70. The molecule has 2 aromatic rings. The number of azo groups is 1. The minimum atomic E-state index is -4.01. The van der Waals surface area contributed by atoms with E-state index in [1.807, 2.05) is 19.9 Å². The molecule has 0 aliphatic heterocycles. The Morgan fingerprint density at radius 2 is 1.70 bits per heavy atom. The lowest BCUT2D eigenvalue weighted by Crippen LogP contribution is -1.97. The molecule has 6 nitrogen and oxygen atoms in total. The monoisotopic (exact) mass is 296 g/mol. The first kappa shape index (κ1) is 14.7. The molecule has 2 rings (SSSR count). The highest BCUT2D eigenvalue weighted by atomic mass is 32.3. The summed E-state index contributed by atoms with van der Waals surface area (Å²) >= 11 is 0. The molecular weight excluding hydrogens is 280 g/mol. The van der Waals surface area contributed by atoms with Gasteiger partial charge in [-0.1, -0.05) is 12.1 Å². The molecule has 0 saturated carbocycles. The van der Waals surface area contributed by atoms with Crippen molar-refractivity contribution >= 4 is 27.3 Å². The molecule has 0 aliphatic rings. The van der Waals surface area contributed by atoms with Gasteiger partial charge in [-0.25, -0.2) is 0 Å². The van der Waals surface area contributed by atoms with E-state index in [9.17, 15) is 18.8 Å². The summed E-state index contributed by atoms with van der Waals surface area (Å²) in [7, 11) is -2.63. The summed E-state index contributed by atoms with van der Waals surface area (Å²) in [6.45, 7) is 3.76. The van der Waals surface area contributed by atoms with E-state index in [0.717, 1.165) is 11.1 Å². The fourth-order valence-corrected chi connectivity index (χ4v) is 2.75. The summed E-state index contributed by atoms with van der Waals surface area (Å²) in [4.78, 5) is -0.234. The number of phenolic OH excluding ortho intramolecular Hbond substituents is 1. The van der Waals surface area contributed by atoms with Gasteiger partial charge in [0, 0.05) is 12.4 Å². The predicted octanol–water partition coefficient (Wildman–Crippen LogP) is 4.46. The molecule has 2 aromatic carbocycles. The van der Waals surface area contributed by atoms with Crippen molar-refractivity contribution < 1.29 is 18.8 Å². The molecule has 0 atom stereocenters. The smallest absolute Gasteiger partial charge is 0.152 e. The number of phenols is 1. The Labute approximate surface area is 118 Å². The molecule has 0 spiro atoms. The second-order valence-corrected chi connectivity index (χ2v) is 5.97. The summed E-state index contributed by atoms with van der Waals surface area (Å²) in [6.07, 6.45) is 0. The van der Waals surface area contributed by atoms with Crippen LogP contribution < -0.4 is 0 Å². The van der Waals surface area contributed by atoms with Gasteiger partial charge < -0.3 is 18.8 Å². The molecule has 0 aliphatic carbocycles. The zero-order valence-corrected chi connectivity index (χ0v) is 12.1. The highest BCUT2D eigenvalue weighted by Crippen LogP contribution is 2.54. The van der Waals surface area contributed by atoms with E-state index in [0.29, 0.717) is 10.8 Å². The first-order valence-corrected chi connectivity index (χ1v) is 7.34. The largest absolute Gasteiger partial charge is 0.505 e. The SMILES string of the molecule is CN=Nc1c(S(O)(O)O)cc2c(C)c(C)ccc2c1O. The van der Waals surface area contributed by atoms with Gasteiger partial charge in [-0.3, -0.25) is 0 Å². The zero-order valence-electron chi connectivity index (χ0n) is 11.3. The van der Waals surface area contributed by atoms with Crippen molar-refractivity contribution in [2.75, 3.05) is 7.05 Å². The van der Waals surface area contributed by atoms with E-state index >= 15 is 0 Å². The van der Waals surface area contributed by atoms with Gasteiger partial charge in [0.15, 0.2) is 5.75 Å². The Morgan fingerprint density at radius 3 is 2.25 bits per heavy atom. The van der Waals surface area contributed by atoms with Crippen LogP contribution in [0.4, 0.5) is 5.69 Å². The molecule has 0 saturated heterocycles. The van der Waals surface area contributed by atoms with Crippen LogP contribution in [0.25, 0.3) is 10.8 Å². The van der Waals surface area contributed by atoms with Gasteiger partial charge >= 0.3 is 0 Å². The van der Waals surface area contributed by atoms with Crippen molar-refractivity contribution in [3.05, 3.63) is 29.3 Å². The van der Waals surface area contributed by atoms with Crippen molar-refractivity contribution in [2.24, 2.45) is 10.2 Å². The van der Waals surface area contributed by atoms with Gasteiger partial charge in [0.05, 0.1) is 4.90 Å². The number of aryl methyl sites for hydroxylation is 2. The third-order valence-electron chi connectivity index (χ3n) is 3.27. The quantitative estimate of drug-likeness (QED) is 0.614. The van der Waals surface area contributed by atoms with Crippen molar-refractivity contribution in [1.29, 1.82) is 0 Å². The lowest BCUT2D eigenvalue weighted by molar-refractivity contribution is 0.375. The molecule has 0 unspecified atom stereocenters. The number of fused-ring (bicyclic) bond motifs is 1. The molecule has 0 bridgehead atoms. The van der Waals surface area contributed by atoms with Crippen LogP contribution in [-0.4, -0.2) is 25.8 Å². The predicted molar refractivity (Wildman–Crippen MR) is 79.3 cm³/mol. The molecule has 0 heterocycles. The fraction of sp³-hybridized carbons (Fsp3) is 0.231. The molecule has 0 amide bonds. The van der Waals surface area contributed by atoms with Gasteiger partial charge in [0.2, 0.25) is 0 Å². The van der Waals surface area contributed by atoms with E-state index in [1.165, 1.54) is 13.1 Å². The van der Waals surface area contributed by atoms with Crippen molar-refractivity contribution in [3.63, 3.8) is 0 Å². The number of hydrogen-bond acceptors (Lipinski definition) is 6. The molecule has 0 aromatic heterocycles. The number of benzene rings is 2. The molecule has 4 N–H and O–H groups in total. The Morgan fingerprint density at radius 1 is 1.05 bits per heavy atom. The lowest BCUT2D eigenvalue weighted by Gasteiger charge is -2.22. The maximum atomic E-state index is 10.3. The highest BCUT2D eigenvalue weighted by Gasteiger charge is 2.25. The minimum absolute atomic E-state index is 0.134. The standard InChI is InChI=1S/C13H16N2O4S/c1-7-4-5-9-10(8(7)2)6-11(20(17,18)19)12(13(9)16)15-14-3/h4-6,16-19H,1-3H3. The zero-order chi connectivity index (χ0) is 15.1. The molecule has 0 fully saturated rings. The van der Waals surface area contributed by atoms with E-state index in [1.54, 1.807) is 6.07 Å². The van der Waals surface area contributed by atoms with Crippen LogP contribution >= 0.6 is 10.9 Å². The number of aromatic hydroxyl groups is 1. The maximum Gasteiger partial charge on any atom is 0.152 e. The van der Waals surface area contributed by atoms with E-state index in [2.05, 4.69) is 10.2 Å². The molecule has 20 heavy (non-hydrogen) atoms. The molecule has 108 valence electrons. The van der Waals surface area contributed by atoms with Crippen LogP contribution in [0.1, 0.15) is 11.1 Å². The van der Waals surface area contributed by atoms with E-state index in [-0.39, 0.29) is 16.3 Å². The van der Waals surface area contributed by atoms with Gasteiger partial charge in [-0.15, -0.1) is 0 Å². The van der Waals surface area contributed by atoms with Crippen molar-refractivity contribution in [2.45, 2.75) is 18.7 Å². The van der Waals surface area contributed by atoms with Crippen LogP contribution in [0.5, 0.6) is 5.75 Å². The third kappa shape index (κ3) is 2.36. The summed E-state index contributed by atoms with van der Waals surface area (Å²) in [5, 5.41) is 18.6. The summed E-state index contributed by atoms with van der Waals surface area (Å²) in [6, 6.07) is 4.99. The second kappa shape index (κ2) is 5.02. The lowest BCUT2D eigenvalue weighted by atomic mass is 10.00. The minimum Gasteiger partial charge on any atom is -0.505 e. The fourth-order valence-electron chi connectivity index (χ4n) is 2.08. The normalized spacial score (nSPS) is 13.3. The maximum absolute atomic E-state index is 10.3. The van der Waals surface area contributed by atoms with Crippen LogP contribution in [0.2, 0.25) is 0 Å². The average Bonchev–Trinajstić information content (AvgIpc) is 2.36. The topological polar surface area (TPSA) is 106 Å². The average molecular weight is 296 g/mol. The summed E-state index contributed by atoms with van der Waals surface area (Å²) in [5.41, 5.74) is 1.73. The summed E-state index contributed by atoms with van der Waals surface area (Å²) in [5.74, 6) is -0.236. The van der Waals surface area contributed by atoms with Crippen LogP contribution in [0, 0.1) is 13.8 Å². The molecular formula is C13H16N2O4S.